The largest absolute Gasteiger partial charge is 0.481 e. The lowest BCUT2D eigenvalue weighted by molar-refractivity contribution is -0.136. The van der Waals surface area contributed by atoms with E-state index in [0.29, 0.717) is 5.02 Å². The zero-order valence-electron chi connectivity index (χ0n) is 16.9. The van der Waals surface area contributed by atoms with E-state index in [1.54, 1.807) is 11.3 Å². The summed E-state index contributed by atoms with van der Waals surface area (Å²) in [7, 11) is 1.92. The van der Waals surface area contributed by atoms with Crippen LogP contribution in [0.15, 0.2) is 54.7 Å². The van der Waals surface area contributed by atoms with E-state index in [2.05, 4.69) is 11.2 Å². The lowest BCUT2D eigenvalue weighted by atomic mass is 9.93. The second-order valence-electron chi connectivity index (χ2n) is 7.50. The third kappa shape index (κ3) is 3.38. The van der Waals surface area contributed by atoms with Crippen LogP contribution in [0.3, 0.4) is 0 Å². The van der Waals surface area contributed by atoms with Crippen molar-refractivity contribution in [3.05, 3.63) is 70.9 Å². The number of carboxylic acids is 1. The van der Waals surface area contributed by atoms with Crippen molar-refractivity contribution >= 4 is 50.0 Å². The molecule has 2 aromatic heterocycles. The minimum Gasteiger partial charge on any atom is -0.481 e. The monoisotopic (exact) mass is 447 g/mol. The van der Waals surface area contributed by atoms with Gasteiger partial charge in [0.2, 0.25) is 0 Å². The molecule has 0 fully saturated rings. The maximum Gasteiger partial charge on any atom is 0.307 e. The number of benzene rings is 3. The molecule has 5 aromatic rings. The number of rotatable bonds is 4. The number of nitrogens with zero attached hydrogens (tertiary/aromatic N) is 3. The molecule has 0 bridgehead atoms. The molecule has 0 aliphatic heterocycles. The molecule has 0 saturated carbocycles. The molecule has 5 rings (SSSR count). The molecule has 0 amide bonds. The summed E-state index contributed by atoms with van der Waals surface area (Å²) in [5.74, 6) is -0.859. The van der Waals surface area contributed by atoms with Crippen molar-refractivity contribution in [2.75, 3.05) is 0 Å². The van der Waals surface area contributed by atoms with Crippen molar-refractivity contribution in [2.45, 2.75) is 13.3 Å². The zero-order chi connectivity index (χ0) is 21.7. The lowest BCUT2D eigenvalue weighted by Crippen LogP contribution is -2.04. The first-order valence-electron chi connectivity index (χ1n) is 9.74. The van der Waals surface area contributed by atoms with Crippen molar-refractivity contribution in [1.82, 2.24) is 14.8 Å². The fourth-order valence-corrected chi connectivity index (χ4v) is 5.32. The molecule has 0 radical (unpaired) electrons. The quantitative estimate of drug-likeness (QED) is 0.361. The van der Waals surface area contributed by atoms with E-state index in [1.165, 1.54) is 0 Å². The molecule has 0 unspecified atom stereocenters. The molecule has 0 atom stereocenters. The molecule has 0 spiro atoms. The SMILES string of the molecule is Cc1cc2nc(-c3cccc4c3cnn4C)sc2c(-c2ccc(Cl)cc2)c1CC(=O)O. The second kappa shape index (κ2) is 7.48. The van der Waals surface area contributed by atoms with Crippen LogP contribution in [0.25, 0.3) is 42.8 Å². The maximum atomic E-state index is 11.6. The summed E-state index contributed by atoms with van der Waals surface area (Å²) in [6.07, 6.45) is 1.81. The summed E-state index contributed by atoms with van der Waals surface area (Å²) in [5, 5.41) is 16.5. The van der Waals surface area contributed by atoms with Crippen molar-refractivity contribution in [2.24, 2.45) is 7.05 Å². The van der Waals surface area contributed by atoms with E-state index in [1.807, 2.05) is 67.3 Å². The minimum absolute atomic E-state index is 0.0504. The van der Waals surface area contributed by atoms with Crippen molar-refractivity contribution < 1.29 is 9.90 Å². The van der Waals surface area contributed by atoms with Crippen molar-refractivity contribution in [3.8, 4) is 21.7 Å². The molecule has 0 aliphatic rings. The number of halogens is 1. The highest BCUT2D eigenvalue weighted by Crippen LogP contribution is 2.42. The van der Waals surface area contributed by atoms with Gasteiger partial charge >= 0.3 is 5.97 Å². The fourth-order valence-electron chi connectivity index (χ4n) is 4.02. The van der Waals surface area contributed by atoms with Crippen LogP contribution in [-0.2, 0) is 18.3 Å². The number of carboxylic acid groups (broad SMARTS) is 1. The molecule has 154 valence electrons. The molecule has 2 heterocycles. The number of hydrogen-bond donors (Lipinski definition) is 1. The third-order valence-corrected chi connectivity index (χ3v) is 6.87. The fraction of sp³-hybridized carbons (Fsp3) is 0.125. The summed E-state index contributed by atoms with van der Waals surface area (Å²) in [6.45, 7) is 1.94. The highest BCUT2D eigenvalue weighted by atomic mass is 35.5. The van der Waals surface area contributed by atoms with Gasteiger partial charge in [-0.1, -0.05) is 35.9 Å². The van der Waals surface area contributed by atoms with Gasteiger partial charge < -0.3 is 5.11 Å². The van der Waals surface area contributed by atoms with Gasteiger partial charge in [-0.25, -0.2) is 4.98 Å². The average Bonchev–Trinajstić information content (AvgIpc) is 3.33. The Morgan fingerprint density at radius 2 is 1.97 bits per heavy atom. The number of thiazole rings is 1. The van der Waals surface area contributed by atoms with Gasteiger partial charge in [0.15, 0.2) is 0 Å². The highest BCUT2D eigenvalue weighted by molar-refractivity contribution is 7.22. The van der Waals surface area contributed by atoms with Crippen LogP contribution < -0.4 is 0 Å². The molecule has 0 aliphatic carbocycles. The topological polar surface area (TPSA) is 68.0 Å². The van der Waals surface area contributed by atoms with Crippen LogP contribution in [0.2, 0.25) is 5.02 Å². The first-order chi connectivity index (χ1) is 14.9. The molecule has 0 saturated heterocycles. The van der Waals surface area contributed by atoms with E-state index in [0.717, 1.165) is 53.9 Å². The van der Waals surface area contributed by atoms with Gasteiger partial charge in [0, 0.05) is 28.6 Å². The van der Waals surface area contributed by atoms with Crippen LogP contribution in [-0.4, -0.2) is 25.8 Å². The molecular weight excluding hydrogens is 430 g/mol. The Morgan fingerprint density at radius 1 is 1.19 bits per heavy atom. The molecule has 3 aromatic carbocycles. The molecule has 31 heavy (non-hydrogen) atoms. The van der Waals surface area contributed by atoms with Crippen LogP contribution in [0.5, 0.6) is 0 Å². The van der Waals surface area contributed by atoms with E-state index in [9.17, 15) is 9.90 Å². The predicted molar refractivity (Wildman–Crippen MR) is 126 cm³/mol. The van der Waals surface area contributed by atoms with Gasteiger partial charge in [0.25, 0.3) is 0 Å². The van der Waals surface area contributed by atoms with E-state index in [4.69, 9.17) is 16.6 Å². The number of hydrogen-bond acceptors (Lipinski definition) is 4. The molecular formula is C24H18ClN3O2S. The summed E-state index contributed by atoms with van der Waals surface area (Å²) in [4.78, 5) is 16.6. The van der Waals surface area contributed by atoms with Crippen LogP contribution >= 0.6 is 22.9 Å². The minimum atomic E-state index is -0.859. The number of carbonyl (C=O) groups is 1. The standard InChI is InChI=1S/C24H18ClN3O2S/c1-13-10-19-23(22(17(13)11-21(29)30)14-6-8-15(25)9-7-14)31-24(27-19)16-4-3-5-20-18(16)12-26-28(20)2/h3-10,12H,11H2,1-2H3,(H,29,30). The van der Waals surface area contributed by atoms with E-state index in [-0.39, 0.29) is 6.42 Å². The summed E-state index contributed by atoms with van der Waals surface area (Å²) in [5.41, 5.74) is 6.48. The van der Waals surface area contributed by atoms with Crippen LogP contribution in [0.4, 0.5) is 0 Å². The van der Waals surface area contributed by atoms with E-state index < -0.39 is 5.97 Å². The van der Waals surface area contributed by atoms with Gasteiger partial charge in [0.05, 0.1) is 28.4 Å². The van der Waals surface area contributed by atoms with Crippen molar-refractivity contribution in [1.29, 1.82) is 0 Å². The Hall–Kier alpha value is -3.22. The summed E-state index contributed by atoms with van der Waals surface area (Å²) < 4.78 is 2.82. The molecule has 1 N–H and O–H groups in total. The lowest BCUT2D eigenvalue weighted by Gasteiger charge is -2.13. The third-order valence-electron chi connectivity index (χ3n) is 5.49. The van der Waals surface area contributed by atoms with Gasteiger partial charge in [-0.05, 0) is 47.9 Å². The Bertz CT molecular complexity index is 1470. The molecule has 5 nitrogen and oxygen atoms in total. The Kier molecular flexibility index (Phi) is 4.76. The molecule has 7 heteroatoms. The zero-order valence-corrected chi connectivity index (χ0v) is 18.5. The number of aliphatic carboxylic acids is 1. The maximum absolute atomic E-state index is 11.6. The van der Waals surface area contributed by atoms with Gasteiger partial charge in [0.1, 0.15) is 5.01 Å². The Labute approximate surface area is 187 Å². The number of fused-ring (bicyclic) bond motifs is 2. The van der Waals surface area contributed by atoms with Gasteiger partial charge in [-0.3, -0.25) is 9.48 Å². The van der Waals surface area contributed by atoms with Crippen LogP contribution in [0.1, 0.15) is 11.1 Å². The second-order valence-corrected chi connectivity index (χ2v) is 8.93. The van der Waals surface area contributed by atoms with E-state index >= 15 is 0 Å². The smallest absolute Gasteiger partial charge is 0.307 e. The average molecular weight is 448 g/mol. The van der Waals surface area contributed by atoms with Gasteiger partial charge in [-0.2, -0.15) is 5.10 Å². The summed E-state index contributed by atoms with van der Waals surface area (Å²) in [6, 6.07) is 15.6. The Morgan fingerprint density at radius 3 is 2.71 bits per heavy atom. The van der Waals surface area contributed by atoms with Crippen molar-refractivity contribution in [3.63, 3.8) is 0 Å². The highest BCUT2D eigenvalue weighted by Gasteiger charge is 2.20. The summed E-state index contributed by atoms with van der Waals surface area (Å²) >= 11 is 7.68. The van der Waals surface area contributed by atoms with Crippen LogP contribution in [0, 0.1) is 6.92 Å². The number of aromatic nitrogens is 3. The Balaban J connectivity index is 1.81. The van der Waals surface area contributed by atoms with Gasteiger partial charge in [-0.15, -0.1) is 11.3 Å². The predicted octanol–water partition coefficient (Wildman–Crippen LogP) is 6.11. The normalized spacial score (nSPS) is 11.5. The first-order valence-corrected chi connectivity index (χ1v) is 10.9. The first kappa shape index (κ1) is 19.7. The number of aryl methyl sites for hydroxylation is 2.